The van der Waals surface area contributed by atoms with Gasteiger partial charge in [0.15, 0.2) is 0 Å². The maximum absolute atomic E-state index is 5.48. The van der Waals surface area contributed by atoms with Crippen LogP contribution in [-0.2, 0) is 0 Å². The van der Waals surface area contributed by atoms with Crippen molar-refractivity contribution in [2.24, 2.45) is 0 Å². The van der Waals surface area contributed by atoms with Gasteiger partial charge >= 0.3 is 0 Å². The Hall–Kier alpha value is -1.29. The molecule has 13 heavy (non-hydrogen) atoms. The van der Waals surface area contributed by atoms with Crippen LogP contribution in [-0.4, -0.2) is 9.97 Å². The van der Waals surface area contributed by atoms with Gasteiger partial charge in [-0.3, -0.25) is 0 Å². The molecule has 0 atom stereocenters. The van der Waals surface area contributed by atoms with Crippen LogP contribution < -0.4 is 5.73 Å². The summed E-state index contributed by atoms with van der Waals surface area (Å²) in [6.07, 6.45) is 1.74. The molecule has 3 nitrogen and oxygen atoms in total. The van der Waals surface area contributed by atoms with Crippen molar-refractivity contribution < 1.29 is 0 Å². The lowest BCUT2D eigenvalue weighted by molar-refractivity contribution is 1.30. The van der Waals surface area contributed by atoms with E-state index in [1.807, 2.05) is 18.2 Å². The molecule has 0 aliphatic heterocycles. The average molecular weight is 238 g/mol. The van der Waals surface area contributed by atoms with Crippen molar-refractivity contribution in [2.75, 3.05) is 5.73 Å². The quantitative estimate of drug-likeness (QED) is 0.801. The number of nitrogens with two attached hydrogens (primary N) is 1. The predicted molar refractivity (Wildman–Crippen MR) is 56.1 cm³/mol. The molecule has 66 valence electrons. The highest BCUT2D eigenvalue weighted by Crippen LogP contribution is 2.20. The van der Waals surface area contributed by atoms with Crippen LogP contribution in [0.25, 0.3) is 11.3 Å². The van der Waals surface area contributed by atoms with E-state index in [0.717, 1.165) is 15.9 Å². The van der Waals surface area contributed by atoms with Gasteiger partial charge in [0, 0.05) is 17.5 Å². The number of nitrogens with zero attached hydrogens (tertiary/aromatic N) is 1. The number of hydrogen-bond donors (Lipinski definition) is 2. The van der Waals surface area contributed by atoms with Gasteiger partial charge in [0.2, 0.25) is 0 Å². The Morgan fingerprint density at radius 2 is 2.08 bits per heavy atom. The minimum absolute atomic E-state index is 0.536. The van der Waals surface area contributed by atoms with Crippen LogP contribution >= 0.6 is 15.9 Å². The molecule has 0 bridgehead atoms. The van der Waals surface area contributed by atoms with Crippen LogP contribution in [0.5, 0.6) is 0 Å². The SMILES string of the molecule is Nc1ccc(-c2ccc(Br)[nH]2)cn1. The molecule has 0 aliphatic carbocycles. The van der Waals surface area contributed by atoms with E-state index in [4.69, 9.17) is 5.73 Å². The number of halogens is 1. The van der Waals surface area contributed by atoms with Crippen LogP contribution in [0.3, 0.4) is 0 Å². The Morgan fingerprint density at radius 3 is 2.62 bits per heavy atom. The zero-order valence-electron chi connectivity index (χ0n) is 6.79. The number of nitrogen functional groups attached to an aromatic ring is 1. The van der Waals surface area contributed by atoms with Gasteiger partial charge < -0.3 is 10.7 Å². The number of hydrogen-bond acceptors (Lipinski definition) is 2. The summed E-state index contributed by atoms with van der Waals surface area (Å²) in [4.78, 5) is 7.15. The lowest BCUT2D eigenvalue weighted by atomic mass is 10.2. The number of nitrogens with one attached hydrogen (secondary N) is 1. The van der Waals surface area contributed by atoms with Gasteiger partial charge in [-0.2, -0.15) is 0 Å². The summed E-state index contributed by atoms with van der Waals surface area (Å²) in [6.45, 7) is 0. The van der Waals surface area contributed by atoms with E-state index in [1.165, 1.54) is 0 Å². The fourth-order valence-corrected chi connectivity index (χ4v) is 1.45. The van der Waals surface area contributed by atoms with Crippen molar-refractivity contribution in [3.05, 3.63) is 35.1 Å². The Bertz CT molecular complexity index is 405. The van der Waals surface area contributed by atoms with Crippen molar-refractivity contribution in [2.45, 2.75) is 0 Å². The lowest BCUT2D eigenvalue weighted by Gasteiger charge is -1.97. The second-order valence-electron chi connectivity index (χ2n) is 2.69. The summed E-state index contributed by atoms with van der Waals surface area (Å²) < 4.78 is 0.958. The Balaban J connectivity index is 2.41. The largest absolute Gasteiger partial charge is 0.384 e. The van der Waals surface area contributed by atoms with Crippen molar-refractivity contribution in [1.29, 1.82) is 0 Å². The van der Waals surface area contributed by atoms with E-state index >= 15 is 0 Å². The Morgan fingerprint density at radius 1 is 1.23 bits per heavy atom. The predicted octanol–water partition coefficient (Wildman–Crippen LogP) is 2.42. The summed E-state index contributed by atoms with van der Waals surface area (Å²) in [5, 5.41) is 0. The first-order valence-corrected chi connectivity index (χ1v) is 4.61. The molecular formula is C9H8BrN3. The van der Waals surface area contributed by atoms with Crippen LogP contribution in [0, 0.1) is 0 Å². The molecule has 0 saturated carbocycles. The van der Waals surface area contributed by atoms with E-state index in [1.54, 1.807) is 12.3 Å². The summed E-state index contributed by atoms with van der Waals surface area (Å²) in [5.41, 5.74) is 7.53. The molecule has 3 N–H and O–H groups in total. The number of H-pyrrole nitrogens is 1. The third-order valence-corrected chi connectivity index (χ3v) is 2.21. The number of anilines is 1. The summed E-state index contributed by atoms with van der Waals surface area (Å²) >= 11 is 3.34. The number of rotatable bonds is 1. The monoisotopic (exact) mass is 237 g/mol. The zero-order chi connectivity index (χ0) is 9.26. The Labute approximate surface area is 84.1 Å². The van der Waals surface area contributed by atoms with E-state index in [2.05, 4.69) is 25.9 Å². The van der Waals surface area contributed by atoms with Crippen molar-refractivity contribution >= 4 is 21.7 Å². The van der Waals surface area contributed by atoms with Gasteiger partial charge in [-0.1, -0.05) is 0 Å². The average Bonchev–Trinajstić information content (AvgIpc) is 2.53. The molecule has 0 aromatic carbocycles. The van der Waals surface area contributed by atoms with Gasteiger partial charge in [0.25, 0.3) is 0 Å². The standard InChI is InChI=1S/C9H8BrN3/c10-8-3-2-7(13-8)6-1-4-9(11)12-5-6/h1-5,13H,(H2,11,12). The fraction of sp³-hybridized carbons (Fsp3) is 0. The third kappa shape index (κ3) is 1.72. The summed E-state index contributed by atoms with van der Waals surface area (Å²) in [7, 11) is 0. The first kappa shape index (κ1) is 8.31. The first-order valence-electron chi connectivity index (χ1n) is 3.82. The molecule has 0 amide bonds. The molecule has 0 aliphatic rings. The number of aromatic amines is 1. The molecule has 0 spiro atoms. The molecule has 0 unspecified atom stereocenters. The zero-order valence-corrected chi connectivity index (χ0v) is 8.38. The third-order valence-electron chi connectivity index (χ3n) is 1.75. The van der Waals surface area contributed by atoms with Gasteiger partial charge in [0.05, 0.1) is 4.60 Å². The molecule has 4 heteroatoms. The molecule has 0 fully saturated rings. The highest BCUT2D eigenvalue weighted by molar-refractivity contribution is 9.10. The van der Waals surface area contributed by atoms with Crippen LogP contribution in [0.4, 0.5) is 5.82 Å². The van der Waals surface area contributed by atoms with Crippen molar-refractivity contribution in [3.63, 3.8) is 0 Å². The lowest BCUT2D eigenvalue weighted by Crippen LogP contribution is -1.88. The molecule has 0 saturated heterocycles. The second-order valence-corrected chi connectivity index (χ2v) is 3.55. The molecule has 2 aromatic rings. The minimum atomic E-state index is 0.536. The Kier molecular flexibility index (Phi) is 2.06. The molecule has 2 aromatic heterocycles. The van der Waals surface area contributed by atoms with Gasteiger partial charge in [0.1, 0.15) is 5.82 Å². The van der Waals surface area contributed by atoms with E-state index in [9.17, 15) is 0 Å². The fourth-order valence-electron chi connectivity index (χ4n) is 1.10. The highest BCUT2D eigenvalue weighted by Gasteiger charge is 1.99. The van der Waals surface area contributed by atoms with Crippen molar-refractivity contribution in [1.82, 2.24) is 9.97 Å². The highest BCUT2D eigenvalue weighted by atomic mass is 79.9. The smallest absolute Gasteiger partial charge is 0.123 e. The topological polar surface area (TPSA) is 54.7 Å². The van der Waals surface area contributed by atoms with Crippen LogP contribution in [0.2, 0.25) is 0 Å². The maximum atomic E-state index is 5.48. The maximum Gasteiger partial charge on any atom is 0.123 e. The van der Waals surface area contributed by atoms with Gasteiger partial charge in [-0.05, 0) is 40.2 Å². The first-order chi connectivity index (χ1) is 6.25. The van der Waals surface area contributed by atoms with E-state index in [-0.39, 0.29) is 0 Å². The van der Waals surface area contributed by atoms with E-state index in [0.29, 0.717) is 5.82 Å². The number of aromatic nitrogens is 2. The van der Waals surface area contributed by atoms with Crippen LogP contribution in [0.1, 0.15) is 0 Å². The van der Waals surface area contributed by atoms with Gasteiger partial charge in [-0.25, -0.2) is 4.98 Å². The molecule has 2 rings (SSSR count). The van der Waals surface area contributed by atoms with Crippen molar-refractivity contribution in [3.8, 4) is 11.3 Å². The van der Waals surface area contributed by atoms with Crippen LogP contribution in [0.15, 0.2) is 35.1 Å². The normalized spacial score (nSPS) is 10.2. The number of pyridine rings is 1. The molecule has 2 heterocycles. The summed E-state index contributed by atoms with van der Waals surface area (Å²) in [6, 6.07) is 7.65. The van der Waals surface area contributed by atoms with E-state index < -0.39 is 0 Å². The van der Waals surface area contributed by atoms with Gasteiger partial charge in [-0.15, -0.1) is 0 Å². The minimum Gasteiger partial charge on any atom is -0.384 e. The molecule has 0 radical (unpaired) electrons. The second kappa shape index (κ2) is 3.22. The molecular weight excluding hydrogens is 230 g/mol. The summed E-state index contributed by atoms with van der Waals surface area (Å²) in [5.74, 6) is 0.536.